The molecule has 0 spiro atoms. The largest absolute Gasteiger partial charge is 0.444 e. The fourth-order valence-electron chi connectivity index (χ4n) is 3.69. The van der Waals surface area contributed by atoms with Crippen LogP contribution in [0.1, 0.15) is 48.3 Å². The van der Waals surface area contributed by atoms with Crippen molar-refractivity contribution in [2.24, 2.45) is 0 Å². The minimum absolute atomic E-state index is 0.161. The molecule has 5 rings (SSSR count). The molecule has 0 aliphatic carbocycles. The molecule has 4 aromatic heterocycles. The van der Waals surface area contributed by atoms with E-state index in [2.05, 4.69) is 30.8 Å². The predicted molar refractivity (Wildman–Crippen MR) is 124 cm³/mol. The molecule has 1 aliphatic rings. The Morgan fingerprint density at radius 1 is 1.14 bits per heavy atom. The van der Waals surface area contributed by atoms with E-state index in [9.17, 15) is 9.59 Å². The molecule has 0 saturated heterocycles. The molecule has 0 atom stereocenters. The van der Waals surface area contributed by atoms with Crippen LogP contribution in [0, 0.1) is 6.92 Å². The molecule has 35 heavy (non-hydrogen) atoms. The number of fused-ring (bicyclic) bond motifs is 2. The van der Waals surface area contributed by atoms with Crippen molar-refractivity contribution in [1.29, 1.82) is 0 Å². The zero-order chi connectivity index (χ0) is 24.7. The Morgan fingerprint density at radius 2 is 1.97 bits per heavy atom. The average Bonchev–Trinajstić information content (AvgIpc) is 3.42. The molecule has 12 nitrogen and oxygen atoms in total. The highest BCUT2D eigenvalue weighted by atomic mass is 16.6. The van der Waals surface area contributed by atoms with E-state index in [-0.39, 0.29) is 11.8 Å². The van der Waals surface area contributed by atoms with Crippen LogP contribution in [-0.2, 0) is 17.7 Å². The number of carbonyl (C=O) groups is 2. The van der Waals surface area contributed by atoms with Gasteiger partial charge in [-0.05, 0) is 51.5 Å². The third kappa shape index (κ3) is 4.67. The number of hydrogen-bond donors (Lipinski definition) is 1. The van der Waals surface area contributed by atoms with Crippen molar-refractivity contribution in [3.63, 3.8) is 0 Å². The number of carbonyl (C=O) groups excluding carboxylic acids is 2. The molecular weight excluding hydrogens is 452 g/mol. The summed E-state index contributed by atoms with van der Waals surface area (Å²) in [7, 11) is 0. The highest BCUT2D eigenvalue weighted by Crippen LogP contribution is 2.22. The second-order valence-corrected chi connectivity index (χ2v) is 9.24. The lowest BCUT2D eigenvalue weighted by atomic mass is 10.1. The number of nitrogens with zero attached hydrogens (tertiary/aromatic N) is 7. The first kappa shape index (κ1) is 22.4. The topological polar surface area (TPSA) is 141 Å². The number of nitrogens with one attached hydrogen (secondary N) is 1. The molecule has 0 saturated carbocycles. The summed E-state index contributed by atoms with van der Waals surface area (Å²) in [6.45, 7) is 8.18. The quantitative estimate of drug-likeness (QED) is 0.472. The summed E-state index contributed by atoms with van der Waals surface area (Å²) in [4.78, 5) is 31.5. The second-order valence-electron chi connectivity index (χ2n) is 9.24. The van der Waals surface area contributed by atoms with Crippen LogP contribution in [0.3, 0.4) is 0 Å². The number of ether oxygens (including phenoxy) is 1. The number of aryl methyl sites for hydroxylation is 1. The van der Waals surface area contributed by atoms with Crippen molar-refractivity contribution in [1.82, 2.24) is 34.9 Å². The molecule has 0 fully saturated rings. The van der Waals surface area contributed by atoms with Gasteiger partial charge in [-0.1, -0.05) is 11.2 Å². The number of amides is 2. The van der Waals surface area contributed by atoms with E-state index in [1.807, 2.05) is 26.8 Å². The molecule has 0 radical (unpaired) electrons. The maximum atomic E-state index is 12.9. The molecule has 1 aliphatic heterocycles. The van der Waals surface area contributed by atoms with Gasteiger partial charge in [0.1, 0.15) is 22.9 Å². The first-order chi connectivity index (χ1) is 16.7. The Labute approximate surface area is 200 Å². The second kappa shape index (κ2) is 8.46. The molecule has 2 amide bonds. The summed E-state index contributed by atoms with van der Waals surface area (Å²) in [5.41, 5.74) is 2.29. The van der Waals surface area contributed by atoms with Crippen LogP contribution in [0.2, 0.25) is 0 Å². The van der Waals surface area contributed by atoms with Crippen molar-refractivity contribution >= 4 is 23.5 Å². The molecule has 0 bridgehead atoms. The molecule has 1 N–H and O–H groups in total. The Hall–Kier alpha value is -4.35. The van der Waals surface area contributed by atoms with Crippen LogP contribution in [0.15, 0.2) is 34.9 Å². The van der Waals surface area contributed by atoms with Gasteiger partial charge in [-0.3, -0.25) is 4.79 Å². The molecule has 5 heterocycles. The van der Waals surface area contributed by atoms with E-state index < -0.39 is 11.5 Å². The van der Waals surface area contributed by atoms with Gasteiger partial charge in [0.2, 0.25) is 5.82 Å². The Kier molecular flexibility index (Phi) is 5.42. The van der Waals surface area contributed by atoms with Gasteiger partial charge >= 0.3 is 6.09 Å². The van der Waals surface area contributed by atoms with E-state index in [1.165, 1.54) is 4.52 Å². The molecule has 0 aromatic carbocycles. The van der Waals surface area contributed by atoms with Gasteiger partial charge in [0.25, 0.3) is 5.91 Å². The fourth-order valence-corrected chi connectivity index (χ4v) is 3.69. The maximum Gasteiger partial charge on any atom is 0.410 e. The molecule has 180 valence electrons. The first-order valence-corrected chi connectivity index (χ1v) is 11.1. The predicted octanol–water partition coefficient (Wildman–Crippen LogP) is 3.03. The van der Waals surface area contributed by atoms with E-state index >= 15 is 0 Å². The van der Waals surface area contributed by atoms with Crippen molar-refractivity contribution < 1.29 is 18.8 Å². The van der Waals surface area contributed by atoms with E-state index in [1.54, 1.807) is 36.1 Å². The molecular formula is C23H24N8O4. The fraction of sp³-hybridized carbons (Fsp3) is 0.348. The minimum Gasteiger partial charge on any atom is -0.444 e. The normalized spacial score (nSPS) is 13.5. The smallest absolute Gasteiger partial charge is 0.410 e. The standard InChI is InChI=1S/C23H24N8O4/c1-13-11-17(29-35-13)20-27-26-19-8-6-16(28-31(19)20)21(32)25-18-7-5-14-12-30(10-9-15(14)24-18)22(33)34-23(2,3)4/h5-8,11H,9-10,12H2,1-4H3,(H,24,25,32). The van der Waals surface area contributed by atoms with E-state index in [4.69, 9.17) is 9.26 Å². The van der Waals surface area contributed by atoms with Crippen LogP contribution < -0.4 is 5.32 Å². The Morgan fingerprint density at radius 3 is 2.71 bits per heavy atom. The van der Waals surface area contributed by atoms with E-state index in [0.29, 0.717) is 48.3 Å². The van der Waals surface area contributed by atoms with Gasteiger partial charge in [0, 0.05) is 24.7 Å². The van der Waals surface area contributed by atoms with Crippen molar-refractivity contribution in [2.45, 2.75) is 46.3 Å². The van der Waals surface area contributed by atoms with Gasteiger partial charge in [-0.15, -0.1) is 10.2 Å². The third-order valence-corrected chi connectivity index (χ3v) is 5.29. The number of pyridine rings is 1. The molecule has 12 heteroatoms. The lowest BCUT2D eigenvalue weighted by Crippen LogP contribution is -2.40. The highest BCUT2D eigenvalue weighted by Gasteiger charge is 2.26. The molecule has 0 unspecified atom stereocenters. The lowest BCUT2D eigenvalue weighted by molar-refractivity contribution is 0.0223. The number of hydrogen-bond acceptors (Lipinski definition) is 9. The summed E-state index contributed by atoms with van der Waals surface area (Å²) >= 11 is 0. The summed E-state index contributed by atoms with van der Waals surface area (Å²) in [6, 6.07) is 8.49. The van der Waals surface area contributed by atoms with E-state index in [0.717, 1.165) is 11.3 Å². The van der Waals surface area contributed by atoms with Gasteiger partial charge < -0.3 is 19.5 Å². The zero-order valence-corrected chi connectivity index (χ0v) is 19.8. The zero-order valence-electron chi connectivity index (χ0n) is 19.8. The highest BCUT2D eigenvalue weighted by molar-refractivity contribution is 6.02. The van der Waals surface area contributed by atoms with Crippen LogP contribution in [-0.4, -0.2) is 59.0 Å². The van der Waals surface area contributed by atoms with Crippen LogP contribution in [0.25, 0.3) is 17.2 Å². The Balaban J connectivity index is 1.31. The average molecular weight is 476 g/mol. The van der Waals surface area contributed by atoms with Gasteiger partial charge in [-0.25, -0.2) is 9.78 Å². The summed E-state index contributed by atoms with van der Waals surface area (Å²) in [6.07, 6.45) is 0.208. The number of rotatable bonds is 3. The summed E-state index contributed by atoms with van der Waals surface area (Å²) in [5, 5.41) is 19.3. The van der Waals surface area contributed by atoms with Crippen LogP contribution in [0.4, 0.5) is 10.6 Å². The maximum absolute atomic E-state index is 12.9. The molecule has 4 aromatic rings. The van der Waals surface area contributed by atoms with Gasteiger partial charge in [0.15, 0.2) is 11.3 Å². The van der Waals surface area contributed by atoms with Crippen molar-refractivity contribution in [2.75, 3.05) is 11.9 Å². The SMILES string of the molecule is Cc1cc(-c2nnc3ccc(C(=O)Nc4ccc5c(n4)CCN(C(=O)OC(C)(C)C)C5)nn23)no1. The summed E-state index contributed by atoms with van der Waals surface area (Å²) < 4.78 is 12.0. The van der Waals surface area contributed by atoms with Crippen molar-refractivity contribution in [3.05, 3.63) is 53.0 Å². The lowest BCUT2D eigenvalue weighted by Gasteiger charge is -2.30. The number of aromatic nitrogens is 6. The Bertz CT molecular complexity index is 1440. The minimum atomic E-state index is -0.553. The van der Waals surface area contributed by atoms with Crippen LogP contribution >= 0.6 is 0 Å². The van der Waals surface area contributed by atoms with Gasteiger partial charge in [0.05, 0.1) is 6.54 Å². The monoisotopic (exact) mass is 476 g/mol. The third-order valence-electron chi connectivity index (χ3n) is 5.29. The summed E-state index contributed by atoms with van der Waals surface area (Å²) in [5.74, 6) is 0.963. The van der Waals surface area contributed by atoms with Crippen molar-refractivity contribution in [3.8, 4) is 11.5 Å². The first-order valence-electron chi connectivity index (χ1n) is 11.1. The van der Waals surface area contributed by atoms with Crippen LogP contribution in [0.5, 0.6) is 0 Å². The number of anilines is 1. The van der Waals surface area contributed by atoms with Gasteiger partial charge in [-0.2, -0.15) is 9.61 Å².